The Balaban J connectivity index is 0. The molecule has 0 fully saturated rings. The molecule has 1 N–H and O–H groups in total. The maximum absolute atomic E-state index is 11.3. The molecule has 0 saturated carbocycles. The molecule has 2 nitrogen and oxygen atoms in total. The molecule has 0 aliphatic carbocycles. The van der Waals surface area contributed by atoms with E-state index in [1.165, 1.54) is 44.9 Å². The van der Waals surface area contributed by atoms with Crippen LogP contribution in [-0.2, 0) is 4.79 Å². The zero-order valence-corrected chi connectivity index (χ0v) is 12.3. The fraction of sp³-hybridized carbons (Fsp3) is 0.750. The first-order chi connectivity index (χ1) is 8.57. The first kappa shape index (κ1) is 21.5. The maximum atomic E-state index is 11.3. The van der Waals surface area contributed by atoms with Crippen LogP contribution in [0, 0.1) is 6.92 Å². The van der Waals surface area contributed by atoms with Gasteiger partial charge in [-0.15, -0.1) is 0 Å². The van der Waals surface area contributed by atoms with Gasteiger partial charge in [-0.2, -0.15) is 0 Å². The van der Waals surface area contributed by atoms with E-state index >= 15 is 0 Å². The van der Waals surface area contributed by atoms with Crippen molar-refractivity contribution < 1.29 is 4.79 Å². The molecule has 0 aliphatic heterocycles. The van der Waals surface area contributed by atoms with Crippen molar-refractivity contribution in [2.24, 2.45) is 0 Å². The van der Waals surface area contributed by atoms with Crippen LogP contribution in [-0.4, -0.2) is 41.5 Å². The van der Waals surface area contributed by atoms with Crippen LogP contribution in [0.5, 0.6) is 0 Å². The molecule has 0 aromatic carbocycles. The number of carbonyl (C=O) groups is 1. The van der Waals surface area contributed by atoms with Crippen LogP contribution >= 0.6 is 0 Å². The fourth-order valence-electron chi connectivity index (χ4n) is 1.91. The third-order valence-corrected chi connectivity index (χ3v) is 3.13. The molecule has 1 radical (unpaired) electrons. The van der Waals surface area contributed by atoms with Crippen LogP contribution in [0.2, 0.25) is 0 Å². The van der Waals surface area contributed by atoms with E-state index in [4.69, 9.17) is 0 Å². The zero-order valence-electron chi connectivity index (χ0n) is 12.3. The van der Waals surface area contributed by atoms with Crippen molar-refractivity contribution >= 4 is 35.5 Å². The molecular weight excluding hydrogens is 245 g/mol. The molecule has 1 amide bonds. The summed E-state index contributed by atoms with van der Waals surface area (Å²) in [5, 5.41) is 2.85. The molecule has 3 heteroatoms. The van der Waals surface area contributed by atoms with Crippen LogP contribution in [0.25, 0.3) is 0 Å². The fourth-order valence-corrected chi connectivity index (χ4v) is 1.91. The Morgan fingerprint density at radius 3 is 2.00 bits per heavy atom. The van der Waals surface area contributed by atoms with Gasteiger partial charge in [0.15, 0.2) is 0 Å². The van der Waals surface area contributed by atoms with Crippen molar-refractivity contribution in [1.82, 2.24) is 5.32 Å². The summed E-state index contributed by atoms with van der Waals surface area (Å²) in [6.07, 6.45) is 11.5. The molecule has 0 rings (SSSR count). The van der Waals surface area contributed by atoms with Gasteiger partial charge in [0.05, 0.1) is 0 Å². The van der Waals surface area contributed by atoms with Gasteiger partial charge >= 0.3 is 29.6 Å². The molecule has 0 heterocycles. The molecule has 1 atom stereocenters. The average Bonchev–Trinajstić information content (AvgIpc) is 2.32. The summed E-state index contributed by atoms with van der Waals surface area (Å²) in [5.41, 5.74) is 0.555. The summed E-state index contributed by atoms with van der Waals surface area (Å²) in [4.78, 5) is 11.3. The van der Waals surface area contributed by atoms with E-state index in [1.807, 2.05) is 0 Å². The Labute approximate surface area is 142 Å². The summed E-state index contributed by atoms with van der Waals surface area (Å²) in [6.45, 7) is 11.5. The molecule has 0 saturated heterocycles. The van der Waals surface area contributed by atoms with Crippen molar-refractivity contribution in [3.8, 4) is 0 Å². The second kappa shape index (κ2) is 14.6. The van der Waals surface area contributed by atoms with Gasteiger partial charge in [0.1, 0.15) is 0 Å². The van der Waals surface area contributed by atoms with E-state index in [0.29, 0.717) is 5.57 Å². The van der Waals surface area contributed by atoms with E-state index in [0.717, 1.165) is 12.8 Å². The van der Waals surface area contributed by atoms with E-state index in [2.05, 4.69) is 25.7 Å². The van der Waals surface area contributed by atoms with Crippen molar-refractivity contribution in [3.63, 3.8) is 0 Å². The minimum atomic E-state index is -0.0745. The van der Waals surface area contributed by atoms with E-state index in [1.54, 1.807) is 6.92 Å². The predicted octanol–water partition coefficient (Wildman–Crippen LogP) is 3.76. The van der Waals surface area contributed by atoms with Gasteiger partial charge in [0, 0.05) is 11.6 Å². The first-order valence-electron chi connectivity index (χ1n) is 7.37. The molecule has 0 aromatic heterocycles. The number of carbonyl (C=O) groups excluding carboxylic acids is 1. The van der Waals surface area contributed by atoms with Crippen LogP contribution in [0.15, 0.2) is 12.2 Å². The number of amides is 1. The van der Waals surface area contributed by atoms with Crippen LogP contribution in [0.3, 0.4) is 0 Å². The minimum absolute atomic E-state index is 0. The number of hydrogen-bond donors (Lipinski definition) is 1. The van der Waals surface area contributed by atoms with E-state index in [9.17, 15) is 4.79 Å². The average molecular weight is 276 g/mol. The quantitative estimate of drug-likeness (QED) is 0.347. The molecule has 0 spiro atoms. The van der Waals surface area contributed by atoms with Gasteiger partial charge in [-0.25, -0.2) is 0 Å². The zero-order chi connectivity index (χ0) is 13.8. The van der Waals surface area contributed by atoms with Gasteiger partial charge in [-0.05, 0) is 20.3 Å². The molecule has 1 unspecified atom stereocenters. The van der Waals surface area contributed by atoms with Crippen LogP contribution < -0.4 is 5.32 Å². The Kier molecular flexibility index (Phi) is 16.5. The van der Waals surface area contributed by atoms with Gasteiger partial charge in [0.2, 0.25) is 5.91 Å². The number of rotatable bonds is 11. The monoisotopic (exact) mass is 276 g/mol. The van der Waals surface area contributed by atoms with Crippen LogP contribution in [0.1, 0.15) is 71.6 Å². The van der Waals surface area contributed by atoms with Crippen molar-refractivity contribution in [3.05, 3.63) is 19.1 Å². The van der Waals surface area contributed by atoms with Gasteiger partial charge < -0.3 is 5.32 Å². The number of nitrogens with one attached hydrogen (secondary N) is 1. The molecule has 0 bridgehead atoms. The second-order valence-corrected chi connectivity index (χ2v) is 5.21. The molecular formula is C16H31NNaO. The molecule has 19 heavy (non-hydrogen) atoms. The van der Waals surface area contributed by atoms with Gasteiger partial charge in [-0.1, -0.05) is 64.9 Å². The third-order valence-electron chi connectivity index (χ3n) is 3.13. The van der Waals surface area contributed by atoms with Crippen LogP contribution in [0.4, 0.5) is 0 Å². The Morgan fingerprint density at radius 1 is 1.05 bits per heavy atom. The summed E-state index contributed by atoms with van der Waals surface area (Å²) in [6, 6.07) is 0.0225. The molecule has 0 aromatic rings. The van der Waals surface area contributed by atoms with Crippen molar-refractivity contribution in [2.75, 3.05) is 0 Å². The Bertz CT molecular complexity index is 241. The topological polar surface area (TPSA) is 29.1 Å². The Morgan fingerprint density at radius 2 is 1.53 bits per heavy atom. The molecule has 107 valence electrons. The summed E-state index contributed by atoms with van der Waals surface area (Å²) < 4.78 is 0. The number of unbranched alkanes of at least 4 members (excludes halogenated alkanes) is 7. The predicted molar refractivity (Wildman–Crippen MR) is 86.5 cm³/mol. The van der Waals surface area contributed by atoms with E-state index in [-0.39, 0.29) is 41.5 Å². The number of hydrogen-bond acceptors (Lipinski definition) is 1. The first-order valence-corrected chi connectivity index (χ1v) is 7.37. The second-order valence-electron chi connectivity index (χ2n) is 5.21. The van der Waals surface area contributed by atoms with Crippen molar-refractivity contribution in [1.29, 1.82) is 0 Å². The van der Waals surface area contributed by atoms with Gasteiger partial charge in [0.25, 0.3) is 0 Å². The SMILES string of the molecule is [CH2]C(CCCCCCCCCC)NC(=O)C(=C)C.[NaH]. The van der Waals surface area contributed by atoms with Crippen molar-refractivity contribution in [2.45, 2.75) is 77.7 Å². The molecule has 0 aliphatic rings. The van der Waals surface area contributed by atoms with E-state index < -0.39 is 0 Å². The summed E-state index contributed by atoms with van der Waals surface area (Å²) >= 11 is 0. The summed E-state index contributed by atoms with van der Waals surface area (Å²) in [7, 11) is 0. The summed E-state index contributed by atoms with van der Waals surface area (Å²) in [5.74, 6) is -0.0745. The normalized spacial score (nSPS) is 11.5. The Hall–Kier alpha value is 0.210. The standard InChI is InChI=1S/C16H30NO.Na.H/c1-5-6-7-8-9-10-11-12-13-15(4)17-16(18)14(2)3;;/h15H,2,4-13H2,1,3H3,(H,17,18);;. The third kappa shape index (κ3) is 14.4. The van der Waals surface area contributed by atoms with Gasteiger partial charge in [-0.3, -0.25) is 4.79 Å².